The fourth-order valence-corrected chi connectivity index (χ4v) is 2.75. The molecule has 2 rings (SSSR count). The summed E-state index contributed by atoms with van der Waals surface area (Å²) in [6.07, 6.45) is 4.29. The highest BCUT2D eigenvalue weighted by Crippen LogP contribution is 2.10. The number of piperidine rings is 1. The first-order valence-electron chi connectivity index (χ1n) is 7.04. The molecule has 0 aromatic heterocycles. The fourth-order valence-electron chi connectivity index (χ4n) is 2.75. The van der Waals surface area contributed by atoms with Gasteiger partial charge in [0.05, 0.1) is 6.54 Å². The molecule has 104 valence electrons. The van der Waals surface area contributed by atoms with Crippen LogP contribution in [0.1, 0.15) is 25.7 Å². The Bertz CT molecular complexity index is 267. The van der Waals surface area contributed by atoms with E-state index < -0.39 is 0 Å². The minimum atomic E-state index is 0.165. The molecule has 5 heteroatoms. The molecular formula is C13H25N3O2. The second-order valence-corrected chi connectivity index (χ2v) is 5.32. The highest BCUT2D eigenvalue weighted by atomic mass is 16.5. The maximum Gasteiger partial charge on any atom is 0.234 e. The molecule has 2 aliphatic heterocycles. The predicted molar refractivity (Wildman–Crippen MR) is 70.5 cm³/mol. The molecule has 0 aromatic carbocycles. The van der Waals surface area contributed by atoms with Crippen LogP contribution in [0.15, 0.2) is 0 Å². The van der Waals surface area contributed by atoms with Crippen LogP contribution in [0.3, 0.4) is 0 Å². The van der Waals surface area contributed by atoms with Crippen molar-refractivity contribution in [3.8, 4) is 0 Å². The lowest BCUT2D eigenvalue weighted by Crippen LogP contribution is -2.49. The number of nitrogens with one attached hydrogen (secondary N) is 2. The third-order valence-corrected chi connectivity index (χ3v) is 3.87. The van der Waals surface area contributed by atoms with E-state index in [9.17, 15) is 4.79 Å². The van der Waals surface area contributed by atoms with Gasteiger partial charge in [-0.15, -0.1) is 0 Å². The van der Waals surface area contributed by atoms with E-state index in [2.05, 4.69) is 15.5 Å². The van der Waals surface area contributed by atoms with E-state index in [1.807, 2.05) is 7.05 Å². The van der Waals surface area contributed by atoms with Crippen molar-refractivity contribution < 1.29 is 9.53 Å². The molecule has 1 atom stereocenters. The number of nitrogens with zero attached hydrogens (tertiary/aromatic N) is 1. The molecule has 1 unspecified atom stereocenters. The van der Waals surface area contributed by atoms with Gasteiger partial charge in [0.2, 0.25) is 5.91 Å². The van der Waals surface area contributed by atoms with Crippen LogP contribution in [-0.2, 0) is 9.53 Å². The number of ether oxygens (including phenoxy) is 1. The van der Waals surface area contributed by atoms with Crippen LogP contribution >= 0.6 is 0 Å². The Hall–Kier alpha value is -0.650. The van der Waals surface area contributed by atoms with Crippen molar-refractivity contribution in [2.75, 3.05) is 39.9 Å². The minimum Gasteiger partial charge on any atom is -0.381 e. The Kier molecular flexibility index (Phi) is 5.41. The molecule has 2 aliphatic rings. The summed E-state index contributed by atoms with van der Waals surface area (Å²) in [4.78, 5) is 14.2. The van der Waals surface area contributed by atoms with Crippen molar-refractivity contribution in [1.82, 2.24) is 15.5 Å². The van der Waals surface area contributed by atoms with Crippen molar-refractivity contribution in [3.63, 3.8) is 0 Å². The maximum absolute atomic E-state index is 12.0. The van der Waals surface area contributed by atoms with Gasteiger partial charge in [-0.05, 0) is 39.3 Å². The third-order valence-electron chi connectivity index (χ3n) is 3.87. The predicted octanol–water partition coefficient (Wildman–Crippen LogP) is -0.0346. The summed E-state index contributed by atoms with van der Waals surface area (Å²) in [5, 5.41) is 6.42. The first kappa shape index (κ1) is 13.8. The standard InChI is InChI=1S/C13H25N3O2/c1-14-12-3-2-6-16(9-12)10-13(17)15-11-4-7-18-8-5-11/h11-12,14H,2-10H2,1H3,(H,15,17). The van der Waals surface area contributed by atoms with E-state index in [0.717, 1.165) is 39.1 Å². The number of hydrogen-bond donors (Lipinski definition) is 2. The van der Waals surface area contributed by atoms with Crippen molar-refractivity contribution in [3.05, 3.63) is 0 Å². The molecule has 2 saturated heterocycles. The van der Waals surface area contributed by atoms with Gasteiger partial charge in [-0.1, -0.05) is 0 Å². The number of likely N-dealkylation sites (tertiary alicyclic amines) is 1. The van der Waals surface area contributed by atoms with Gasteiger partial charge < -0.3 is 15.4 Å². The number of likely N-dealkylation sites (N-methyl/N-ethyl adjacent to an activating group) is 1. The molecule has 2 heterocycles. The molecule has 18 heavy (non-hydrogen) atoms. The van der Waals surface area contributed by atoms with E-state index in [1.165, 1.54) is 12.8 Å². The van der Waals surface area contributed by atoms with Gasteiger partial charge in [0, 0.05) is 31.8 Å². The molecule has 0 aromatic rings. The zero-order valence-corrected chi connectivity index (χ0v) is 11.3. The zero-order chi connectivity index (χ0) is 12.8. The summed E-state index contributed by atoms with van der Waals surface area (Å²) < 4.78 is 5.29. The Morgan fingerprint density at radius 3 is 2.78 bits per heavy atom. The van der Waals surface area contributed by atoms with Gasteiger partial charge >= 0.3 is 0 Å². The summed E-state index contributed by atoms with van der Waals surface area (Å²) in [5.74, 6) is 0.165. The monoisotopic (exact) mass is 255 g/mol. The van der Waals surface area contributed by atoms with Gasteiger partial charge in [0.25, 0.3) is 0 Å². The van der Waals surface area contributed by atoms with Gasteiger partial charge in [-0.2, -0.15) is 0 Å². The molecule has 5 nitrogen and oxygen atoms in total. The maximum atomic E-state index is 12.0. The molecule has 2 fully saturated rings. The van der Waals surface area contributed by atoms with E-state index in [1.54, 1.807) is 0 Å². The molecule has 0 bridgehead atoms. The van der Waals surface area contributed by atoms with Crippen LogP contribution in [0.5, 0.6) is 0 Å². The van der Waals surface area contributed by atoms with Gasteiger partial charge in [0.15, 0.2) is 0 Å². The van der Waals surface area contributed by atoms with Crippen LogP contribution in [0.4, 0.5) is 0 Å². The van der Waals surface area contributed by atoms with Crippen molar-refractivity contribution >= 4 is 5.91 Å². The largest absolute Gasteiger partial charge is 0.381 e. The van der Waals surface area contributed by atoms with E-state index in [4.69, 9.17) is 4.74 Å². The van der Waals surface area contributed by atoms with Crippen LogP contribution in [0.2, 0.25) is 0 Å². The SMILES string of the molecule is CNC1CCCN(CC(=O)NC2CCOCC2)C1. The molecule has 0 spiro atoms. The number of hydrogen-bond acceptors (Lipinski definition) is 4. The first-order chi connectivity index (χ1) is 8.78. The highest BCUT2D eigenvalue weighted by Gasteiger charge is 2.22. The third kappa shape index (κ3) is 4.23. The van der Waals surface area contributed by atoms with E-state index in [-0.39, 0.29) is 5.91 Å². The Morgan fingerprint density at radius 2 is 2.06 bits per heavy atom. The summed E-state index contributed by atoms with van der Waals surface area (Å²) in [7, 11) is 2.00. The lowest BCUT2D eigenvalue weighted by atomic mass is 10.1. The minimum absolute atomic E-state index is 0.165. The lowest BCUT2D eigenvalue weighted by molar-refractivity contribution is -0.123. The quantitative estimate of drug-likeness (QED) is 0.740. The zero-order valence-electron chi connectivity index (χ0n) is 11.3. The van der Waals surface area contributed by atoms with Crippen molar-refractivity contribution in [2.24, 2.45) is 0 Å². The molecule has 0 radical (unpaired) electrons. The van der Waals surface area contributed by atoms with Gasteiger partial charge in [-0.3, -0.25) is 9.69 Å². The number of amides is 1. The summed E-state index contributed by atoms with van der Waals surface area (Å²) in [6, 6.07) is 0.853. The summed E-state index contributed by atoms with van der Waals surface area (Å²) in [6.45, 7) is 4.11. The second-order valence-electron chi connectivity index (χ2n) is 5.32. The van der Waals surface area contributed by atoms with Gasteiger partial charge in [-0.25, -0.2) is 0 Å². The molecule has 2 N–H and O–H groups in total. The Morgan fingerprint density at radius 1 is 1.28 bits per heavy atom. The Labute approximate surface area is 109 Å². The number of carbonyl (C=O) groups excluding carboxylic acids is 1. The average molecular weight is 255 g/mol. The molecular weight excluding hydrogens is 230 g/mol. The topological polar surface area (TPSA) is 53.6 Å². The normalized spacial score (nSPS) is 27.1. The lowest BCUT2D eigenvalue weighted by Gasteiger charge is -2.32. The highest BCUT2D eigenvalue weighted by molar-refractivity contribution is 5.78. The molecule has 0 saturated carbocycles. The van der Waals surface area contributed by atoms with E-state index in [0.29, 0.717) is 18.6 Å². The van der Waals surface area contributed by atoms with Crippen molar-refractivity contribution in [2.45, 2.75) is 37.8 Å². The van der Waals surface area contributed by atoms with Crippen molar-refractivity contribution in [1.29, 1.82) is 0 Å². The number of carbonyl (C=O) groups is 1. The van der Waals surface area contributed by atoms with Crippen LogP contribution in [0.25, 0.3) is 0 Å². The first-order valence-corrected chi connectivity index (χ1v) is 7.04. The van der Waals surface area contributed by atoms with Crippen LogP contribution in [0, 0.1) is 0 Å². The van der Waals surface area contributed by atoms with Crippen LogP contribution in [-0.4, -0.2) is 62.8 Å². The number of rotatable bonds is 4. The Balaban J connectivity index is 1.69. The fraction of sp³-hybridized carbons (Fsp3) is 0.923. The average Bonchev–Trinajstić information content (AvgIpc) is 2.40. The summed E-state index contributed by atoms with van der Waals surface area (Å²) >= 11 is 0. The smallest absolute Gasteiger partial charge is 0.234 e. The molecule has 0 aliphatic carbocycles. The van der Waals surface area contributed by atoms with Crippen LogP contribution < -0.4 is 10.6 Å². The summed E-state index contributed by atoms with van der Waals surface area (Å²) in [5.41, 5.74) is 0. The van der Waals surface area contributed by atoms with Gasteiger partial charge in [0.1, 0.15) is 0 Å². The van der Waals surface area contributed by atoms with E-state index >= 15 is 0 Å². The molecule has 1 amide bonds. The second kappa shape index (κ2) is 7.07.